The fraction of sp³-hybridized carbons (Fsp3) is 0.200. The van der Waals surface area contributed by atoms with Crippen molar-refractivity contribution in [1.82, 2.24) is 0 Å². The van der Waals surface area contributed by atoms with Crippen molar-refractivity contribution in [2.75, 3.05) is 0 Å². The summed E-state index contributed by atoms with van der Waals surface area (Å²) in [5.41, 5.74) is 3.74. The molecule has 0 aliphatic heterocycles. The van der Waals surface area contributed by atoms with Crippen LogP contribution in [-0.2, 0) is 0 Å². The van der Waals surface area contributed by atoms with E-state index < -0.39 is 0 Å². The molecule has 0 spiro atoms. The minimum atomic E-state index is 0.0828. The van der Waals surface area contributed by atoms with Crippen molar-refractivity contribution in [3.05, 3.63) is 70.8 Å². The highest BCUT2D eigenvalue weighted by molar-refractivity contribution is 5.61. The molecule has 2 heteroatoms. The van der Waals surface area contributed by atoms with Crippen LogP contribution in [0.3, 0.4) is 0 Å². The van der Waals surface area contributed by atoms with Crippen molar-refractivity contribution < 1.29 is 10.2 Å². The molecular weight excluding hydrogens is 272 g/mol. The quantitative estimate of drug-likeness (QED) is 0.755. The standard InChI is InChI=1S/C20H22O2/c1-14(2)20-18(21)12-17(13-19(20)22)7-5-4-6-16-10-8-15(3)9-11-16/h4-14,21-22H,1-3H3. The maximum atomic E-state index is 9.99. The van der Waals surface area contributed by atoms with Crippen molar-refractivity contribution in [1.29, 1.82) is 0 Å². The lowest BCUT2D eigenvalue weighted by Crippen LogP contribution is -1.90. The first-order valence-corrected chi connectivity index (χ1v) is 7.44. The maximum Gasteiger partial charge on any atom is 0.123 e. The zero-order valence-electron chi connectivity index (χ0n) is 13.2. The predicted molar refractivity (Wildman–Crippen MR) is 93.1 cm³/mol. The van der Waals surface area contributed by atoms with Gasteiger partial charge in [-0.15, -0.1) is 0 Å². The number of hydrogen-bond donors (Lipinski definition) is 2. The first-order valence-electron chi connectivity index (χ1n) is 7.44. The summed E-state index contributed by atoms with van der Waals surface area (Å²) in [6.45, 7) is 5.94. The second kappa shape index (κ2) is 6.99. The van der Waals surface area contributed by atoms with Crippen LogP contribution in [0.2, 0.25) is 0 Å². The monoisotopic (exact) mass is 294 g/mol. The van der Waals surface area contributed by atoms with Crippen LogP contribution in [0.4, 0.5) is 0 Å². The molecule has 2 aromatic rings. The summed E-state index contributed by atoms with van der Waals surface area (Å²) in [6.07, 6.45) is 7.70. The molecule has 0 heterocycles. The van der Waals surface area contributed by atoms with Crippen molar-refractivity contribution >= 4 is 12.2 Å². The van der Waals surface area contributed by atoms with E-state index >= 15 is 0 Å². The van der Waals surface area contributed by atoms with Crippen LogP contribution in [0.1, 0.15) is 42.0 Å². The lowest BCUT2D eigenvalue weighted by atomic mass is 9.99. The van der Waals surface area contributed by atoms with Crippen LogP contribution in [0.25, 0.3) is 12.2 Å². The molecule has 2 nitrogen and oxygen atoms in total. The van der Waals surface area contributed by atoms with E-state index in [1.54, 1.807) is 12.1 Å². The predicted octanol–water partition coefficient (Wildman–Crippen LogP) is 5.26. The number of allylic oxidation sites excluding steroid dienone is 2. The maximum absolute atomic E-state index is 9.99. The van der Waals surface area contributed by atoms with Gasteiger partial charge in [-0.3, -0.25) is 0 Å². The van der Waals surface area contributed by atoms with E-state index in [0.717, 1.165) is 11.1 Å². The molecule has 0 saturated carbocycles. The van der Waals surface area contributed by atoms with Crippen molar-refractivity contribution in [2.24, 2.45) is 0 Å². The Bertz CT molecular complexity index is 669. The van der Waals surface area contributed by atoms with Gasteiger partial charge < -0.3 is 10.2 Å². The molecule has 22 heavy (non-hydrogen) atoms. The summed E-state index contributed by atoms with van der Waals surface area (Å²) >= 11 is 0. The number of hydrogen-bond acceptors (Lipinski definition) is 2. The smallest absolute Gasteiger partial charge is 0.123 e. The van der Waals surface area contributed by atoms with Crippen LogP contribution >= 0.6 is 0 Å². The normalized spacial score (nSPS) is 11.8. The Labute approximate surface area is 132 Å². The van der Waals surface area contributed by atoms with Gasteiger partial charge >= 0.3 is 0 Å². The highest BCUT2D eigenvalue weighted by Gasteiger charge is 2.12. The molecule has 0 bridgehead atoms. The molecule has 0 atom stereocenters. The minimum Gasteiger partial charge on any atom is -0.507 e. The van der Waals surface area contributed by atoms with Gasteiger partial charge in [-0.2, -0.15) is 0 Å². The number of aryl methyl sites for hydroxylation is 1. The molecule has 0 fully saturated rings. The van der Waals surface area contributed by atoms with Crippen LogP contribution in [0, 0.1) is 6.92 Å². The van der Waals surface area contributed by atoms with E-state index in [-0.39, 0.29) is 17.4 Å². The van der Waals surface area contributed by atoms with Crippen molar-refractivity contribution in [3.8, 4) is 11.5 Å². The second-order valence-corrected chi connectivity index (χ2v) is 5.76. The molecule has 2 aromatic carbocycles. The van der Waals surface area contributed by atoms with Gasteiger partial charge in [0, 0.05) is 5.56 Å². The van der Waals surface area contributed by atoms with E-state index in [1.807, 2.05) is 38.2 Å². The summed E-state index contributed by atoms with van der Waals surface area (Å²) in [4.78, 5) is 0. The van der Waals surface area contributed by atoms with E-state index in [0.29, 0.717) is 5.56 Å². The molecule has 0 amide bonds. The summed E-state index contributed by atoms with van der Waals surface area (Å²) in [5.74, 6) is 0.355. The van der Waals surface area contributed by atoms with Gasteiger partial charge in [-0.1, -0.05) is 68.0 Å². The number of rotatable bonds is 4. The topological polar surface area (TPSA) is 40.5 Å². The number of benzene rings is 2. The van der Waals surface area contributed by atoms with Crippen LogP contribution in [0.15, 0.2) is 48.6 Å². The summed E-state index contributed by atoms with van der Waals surface area (Å²) in [5, 5.41) is 20.0. The molecule has 0 aliphatic rings. The average molecular weight is 294 g/mol. The van der Waals surface area contributed by atoms with Crippen molar-refractivity contribution in [3.63, 3.8) is 0 Å². The molecule has 0 aliphatic carbocycles. The lowest BCUT2D eigenvalue weighted by molar-refractivity contribution is 0.433. The van der Waals surface area contributed by atoms with E-state index in [2.05, 4.69) is 31.2 Å². The molecule has 114 valence electrons. The zero-order valence-corrected chi connectivity index (χ0v) is 13.2. The fourth-order valence-electron chi connectivity index (χ4n) is 2.34. The van der Waals surface area contributed by atoms with Gasteiger partial charge in [0.2, 0.25) is 0 Å². The van der Waals surface area contributed by atoms with Gasteiger partial charge in [0.1, 0.15) is 11.5 Å². The highest BCUT2D eigenvalue weighted by Crippen LogP contribution is 2.35. The third-order valence-electron chi connectivity index (χ3n) is 3.50. The number of aromatic hydroxyl groups is 2. The molecule has 0 aromatic heterocycles. The largest absolute Gasteiger partial charge is 0.507 e. The highest BCUT2D eigenvalue weighted by atomic mass is 16.3. The van der Waals surface area contributed by atoms with E-state index in [9.17, 15) is 10.2 Å². The van der Waals surface area contributed by atoms with Crippen molar-refractivity contribution in [2.45, 2.75) is 26.7 Å². The van der Waals surface area contributed by atoms with Gasteiger partial charge in [0.15, 0.2) is 0 Å². The fourth-order valence-corrected chi connectivity index (χ4v) is 2.34. The van der Waals surface area contributed by atoms with E-state index in [4.69, 9.17) is 0 Å². The Balaban J connectivity index is 2.12. The summed E-state index contributed by atoms with van der Waals surface area (Å²) in [7, 11) is 0. The van der Waals surface area contributed by atoms with Gasteiger partial charge in [0.25, 0.3) is 0 Å². The first kappa shape index (κ1) is 15.9. The number of phenols is 2. The Morgan fingerprint density at radius 2 is 1.32 bits per heavy atom. The third-order valence-corrected chi connectivity index (χ3v) is 3.50. The summed E-state index contributed by atoms with van der Waals surface area (Å²) < 4.78 is 0. The van der Waals surface area contributed by atoms with Gasteiger partial charge in [-0.05, 0) is 36.1 Å². The first-order chi connectivity index (χ1) is 10.5. The molecule has 0 saturated heterocycles. The SMILES string of the molecule is Cc1ccc(C=CC=Cc2cc(O)c(C(C)C)c(O)c2)cc1. The lowest BCUT2D eigenvalue weighted by Gasteiger charge is -2.11. The number of phenolic OH excluding ortho intramolecular Hbond substituents is 2. The van der Waals surface area contributed by atoms with Crippen LogP contribution < -0.4 is 0 Å². The Morgan fingerprint density at radius 1 is 0.818 bits per heavy atom. The van der Waals surface area contributed by atoms with Crippen LogP contribution in [-0.4, -0.2) is 10.2 Å². The van der Waals surface area contributed by atoms with E-state index in [1.165, 1.54) is 5.56 Å². The third kappa shape index (κ3) is 4.01. The van der Waals surface area contributed by atoms with Crippen LogP contribution in [0.5, 0.6) is 11.5 Å². The summed E-state index contributed by atoms with van der Waals surface area (Å²) in [6, 6.07) is 11.6. The molecule has 0 unspecified atom stereocenters. The molecule has 0 radical (unpaired) electrons. The van der Waals surface area contributed by atoms with Gasteiger partial charge in [0.05, 0.1) is 0 Å². The average Bonchev–Trinajstić information content (AvgIpc) is 2.44. The zero-order chi connectivity index (χ0) is 16.1. The van der Waals surface area contributed by atoms with Gasteiger partial charge in [-0.25, -0.2) is 0 Å². The Morgan fingerprint density at radius 3 is 1.82 bits per heavy atom. The Hall–Kier alpha value is -2.48. The second-order valence-electron chi connectivity index (χ2n) is 5.76. The molecular formula is C20H22O2. The minimum absolute atomic E-state index is 0.0828. The molecule has 2 N–H and O–H groups in total. The molecule has 2 rings (SSSR count). The Kier molecular flexibility index (Phi) is 5.05.